The van der Waals surface area contributed by atoms with Crippen molar-refractivity contribution in [3.63, 3.8) is 0 Å². The molecule has 0 spiro atoms. The van der Waals surface area contributed by atoms with Gasteiger partial charge in [0.25, 0.3) is 0 Å². The fraction of sp³-hybridized carbons (Fsp3) is 0.118. The van der Waals surface area contributed by atoms with Crippen LogP contribution in [0.1, 0.15) is 0 Å². The van der Waals surface area contributed by atoms with Gasteiger partial charge in [0.1, 0.15) is 5.82 Å². The summed E-state index contributed by atoms with van der Waals surface area (Å²) in [5.41, 5.74) is 2.15. The van der Waals surface area contributed by atoms with E-state index in [0.717, 1.165) is 17.2 Å². The zero-order valence-corrected chi connectivity index (χ0v) is 11.7. The van der Waals surface area contributed by atoms with E-state index in [1.165, 1.54) is 10.8 Å². The van der Waals surface area contributed by atoms with Crippen molar-refractivity contribution in [2.24, 2.45) is 0 Å². The first-order valence-corrected chi connectivity index (χ1v) is 6.62. The first-order valence-electron chi connectivity index (χ1n) is 6.62. The minimum Gasteiger partial charge on any atom is -0.363 e. The fourth-order valence-corrected chi connectivity index (χ4v) is 2.23. The van der Waals surface area contributed by atoms with E-state index >= 15 is 0 Å². The molecule has 0 fully saturated rings. The lowest BCUT2D eigenvalue weighted by Crippen LogP contribution is -2.10. The molecule has 3 aromatic rings. The molecule has 100 valence electrons. The van der Waals surface area contributed by atoms with Crippen molar-refractivity contribution >= 4 is 28.0 Å². The van der Waals surface area contributed by atoms with E-state index in [9.17, 15) is 0 Å². The summed E-state index contributed by atoms with van der Waals surface area (Å²) >= 11 is 0. The van der Waals surface area contributed by atoms with Crippen molar-refractivity contribution in [3.8, 4) is 0 Å². The molecule has 0 saturated heterocycles. The summed E-state index contributed by atoms with van der Waals surface area (Å²) in [6.45, 7) is 0. The molecule has 3 nitrogen and oxygen atoms in total. The van der Waals surface area contributed by atoms with E-state index in [0.29, 0.717) is 0 Å². The Kier molecular flexibility index (Phi) is 3.25. The van der Waals surface area contributed by atoms with E-state index in [-0.39, 0.29) is 0 Å². The molecule has 3 rings (SSSR count). The van der Waals surface area contributed by atoms with Crippen molar-refractivity contribution in [2.45, 2.75) is 0 Å². The second-order valence-corrected chi connectivity index (χ2v) is 4.95. The van der Waals surface area contributed by atoms with Gasteiger partial charge in [-0.15, -0.1) is 0 Å². The maximum absolute atomic E-state index is 4.33. The Labute approximate surface area is 118 Å². The molecule has 0 saturated carbocycles. The van der Waals surface area contributed by atoms with Gasteiger partial charge in [0.15, 0.2) is 0 Å². The number of anilines is 3. The lowest BCUT2D eigenvalue weighted by atomic mass is 10.1. The molecule has 0 bridgehead atoms. The molecule has 0 radical (unpaired) electrons. The van der Waals surface area contributed by atoms with Crippen molar-refractivity contribution in [2.75, 3.05) is 24.3 Å². The van der Waals surface area contributed by atoms with Gasteiger partial charge in [0, 0.05) is 43.1 Å². The molecule has 0 atom stereocenters. The number of hydrogen-bond acceptors (Lipinski definition) is 3. The molecule has 1 aromatic heterocycles. The maximum atomic E-state index is 4.33. The molecule has 0 unspecified atom stereocenters. The van der Waals surface area contributed by atoms with Gasteiger partial charge in [-0.1, -0.05) is 36.4 Å². The highest BCUT2D eigenvalue weighted by molar-refractivity contribution is 5.95. The van der Waals surface area contributed by atoms with Gasteiger partial charge in [-0.25, -0.2) is 4.98 Å². The lowest BCUT2D eigenvalue weighted by molar-refractivity contribution is 1.07. The van der Waals surface area contributed by atoms with Crippen LogP contribution >= 0.6 is 0 Å². The second-order valence-electron chi connectivity index (χ2n) is 4.95. The minimum absolute atomic E-state index is 0.940. The van der Waals surface area contributed by atoms with Crippen LogP contribution in [0, 0.1) is 0 Å². The molecular formula is C17H17N3. The van der Waals surface area contributed by atoms with Crippen molar-refractivity contribution in [1.29, 1.82) is 0 Å². The van der Waals surface area contributed by atoms with Gasteiger partial charge < -0.3 is 10.2 Å². The minimum atomic E-state index is 0.940. The summed E-state index contributed by atoms with van der Waals surface area (Å²) in [5.74, 6) is 0.940. The largest absolute Gasteiger partial charge is 0.363 e. The van der Waals surface area contributed by atoms with Gasteiger partial charge in [0.05, 0.1) is 0 Å². The monoisotopic (exact) mass is 263 g/mol. The Hall–Kier alpha value is -2.55. The van der Waals surface area contributed by atoms with Crippen LogP contribution < -0.4 is 10.2 Å². The lowest BCUT2D eigenvalue weighted by Gasteiger charge is -2.14. The smallest absolute Gasteiger partial charge is 0.130 e. The number of pyridine rings is 1. The normalized spacial score (nSPS) is 10.5. The van der Waals surface area contributed by atoms with Crippen LogP contribution in [0.3, 0.4) is 0 Å². The molecule has 0 aliphatic carbocycles. The van der Waals surface area contributed by atoms with Gasteiger partial charge in [-0.2, -0.15) is 0 Å². The molecule has 0 aliphatic heterocycles. The van der Waals surface area contributed by atoms with Crippen LogP contribution in [0.25, 0.3) is 10.8 Å². The van der Waals surface area contributed by atoms with E-state index in [1.54, 1.807) is 0 Å². The van der Waals surface area contributed by atoms with Crippen LogP contribution in [0.5, 0.6) is 0 Å². The number of fused-ring (bicyclic) bond motifs is 1. The fourth-order valence-electron chi connectivity index (χ4n) is 2.23. The molecule has 0 aliphatic rings. The molecule has 20 heavy (non-hydrogen) atoms. The van der Waals surface area contributed by atoms with Crippen molar-refractivity contribution in [1.82, 2.24) is 4.98 Å². The number of aromatic nitrogens is 1. The van der Waals surface area contributed by atoms with Crippen LogP contribution in [0.15, 0.2) is 60.8 Å². The SMILES string of the molecule is CN(C)c1cc(Nc2cccc3ccccc23)ccn1. The Bertz CT molecular complexity index is 730. The van der Waals surface area contributed by atoms with E-state index < -0.39 is 0 Å². The third kappa shape index (κ3) is 2.43. The van der Waals surface area contributed by atoms with Crippen LogP contribution in [-0.4, -0.2) is 19.1 Å². The number of rotatable bonds is 3. The Morgan fingerprint density at radius 3 is 2.60 bits per heavy atom. The van der Waals surface area contributed by atoms with E-state index in [4.69, 9.17) is 0 Å². The highest BCUT2D eigenvalue weighted by atomic mass is 15.1. The summed E-state index contributed by atoms with van der Waals surface area (Å²) in [7, 11) is 3.98. The number of hydrogen-bond donors (Lipinski definition) is 1. The first-order chi connectivity index (χ1) is 9.74. The number of nitrogens with zero attached hydrogens (tertiary/aromatic N) is 2. The average molecular weight is 263 g/mol. The van der Waals surface area contributed by atoms with Gasteiger partial charge in [0.2, 0.25) is 0 Å². The third-order valence-electron chi connectivity index (χ3n) is 3.27. The van der Waals surface area contributed by atoms with Crippen molar-refractivity contribution < 1.29 is 0 Å². The van der Waals surface area contributed by atoms with E-state index in [2.05, 4.69) is 52.8 Å². The highest BCUT2D eigenvalue weighted by Gasteiger charge is 2.02. The summed E-state index contributed by atoms with van der Waals surface area (Å²) in [4.78, 5) is 6.32. The van der Waals surface area contributed by atoms with Crippen LogP contribution in [0.4, 0.5) is 17.2 Å². The Morgan fingerprint density at radius 2 is 1.75 bits per heavy atom. The predicted octanol–water partition coefficient (Wildman–Crippen LogP) is 4.04. The van der Waals surface area contributed by atoms with Gasteiger partial charge >= 0.3 is 0 Å². The quantitative estimate of drug-likeness (QED) is 0.773. The number of benzene rings is 2. The summed E-state index contributed by atoms with van der Waals surface area (Å²) in [6.07, 6.45) is 1.82. The second kappa shape index (κ2) is 5.21. The average Bonchev–Trinajstić information content (AvgIpc) is 2.48. The summed E-state index contributed by atoms with van der Waals surface area (Å²) in [5, 5.41) is 5.93. The zero-order valence-electron chi connectivity index (χ0n) is 11.7. The zero-order chi connectivity index (χ0) is 13.9. The van der Waals surface area contributed by atoms with Gasteiger partial charge in [-0.3, -0.25) is 0 Å². The summed E-state index contributed by atoms with van der Waals surface area (Å²) < 4.78 is 0. The molecule has 0 amide bonds. The van der Waals surface area contributed by atoms with Crippen LogP contribution in [-0.2, 0) is 0 Å². The molecule has 3 heteroatoms. The maximum Gasteiger partial charge on any atom is 0.130 e. The Balaban J connectivity index is 1.99. The topological polar surface area (TPSA) is 28.2 Å². The summed E-state index contributed by atoms with van der Waals surface area (Å²) in [6, 6.07) is 18.7. The third-order valence-corrected chi connectivity index (χ3v) is 3.27. The molecule has 1 heterocycles. The first kappa shape index (κ1) is 12.5. The standard InChI is InChI=1S/C17H17N3/c1-20(2)17-12-14(10-11-18-17)19-16-9-5-7-13-6-3-4-8-15(13)16/h3-12H,1-2H3,(H,18,19). The highest BCUT2D eigenvalue weighted by Crippen LogP contribution is 2.27. The number of nitrogens with one attached hydrogen (secondary N) is 1. The predicted molar refractivity (Wildman–Crippen MR) is 85.8 cm³/mol. The molecule has 2 aromatic carbocycles. The molecule has 1 N–H and O–H groups in total. The molecular weight excluding hydrogens is 246 g/mol. The van der Waals surface area contributed by atoms with Gasteiger partial charge in [-0.05, 0) is 17.5 Å². The van der Waals surface area contributed by atoms with E-state index in [1.807, 2.05) is 37.3 Å². The van der Waals surface area contributed by atoms with Crippen molar-refractivity contribution in [3.05, 3.63) is 60.8 Å². The van der Waals surface area contributed by atoms with Crippen LogP contribution in [0.2, 0.25) is 0 Å². The Morgan fingerprint density at radius 1 is 0.950 bits per heavy atom.